The lowest BCUT2D eigenvalue weighted by Gasteiger charge is -2.32. The van der Waals surface area contributed by atoms with E-state index in [1.54, 1.807) is 0 Å². The van der Waals surface area contributed by atoms with Crippen LogP contribution in [0.15, 0.2) is 146 Å². The van der Waals surface area contributed by atoms with Crippen LogP contribution in [-0.4, -0.2) is 0 Å². The van der Waals surface area contributed by atoms with E-state index in [0.717, 1.165) is 86.1 Å². The van der Waals surface area contributed by atoms with Crippen molar-refractivity contribution in [2.24, 2.45) is 0 Å². The Bertz CT molecular complexity index is 2330. The molecule has 0 N–H and O–H groups in total. The second-order valence-electron chi connectivity index (χ2n) is 12.3. The summed E-state index contributed by atoms with van der Waals surface area (Å²) in [6, 6.07) is 41.8. The Labute approximate surface area is 284 Å². The van der Waals surface area contributed by atoms with E-state index in [2.05, 4.69) is 18.2 Å². The van der Waals surface area contributed by atoms with Crippen LogP contribution >= 0.6 is 0 Å². The summed E-state index contributed by atoms with van der Waals surface area (Å²) in [5, 5.41) is 4.07. The van der Waals surface area contributed by atoms with Gasteiger partial charge in [0.15, 0.2) is 0 Å². The van der Waals surface area contributed by atoms with Crippen LogP contribution in [0.1, 0.15) is 22.3 Å². The number of nitrogens with zero attached hydrogens (tertiary/aromatic N) is 2. The second-order valence-corrected chi connectivity index (χ2v) is 12.3. The lowest BCUT2D eigenvalue weighted by molar-refractivity contribution is -0.138. The smallest absolute Gasteiger partial charge is 0.310 e. The molecule has 1 aliphatic carbocycles. The number of para-hydroxylation sites is 2. The summed E-state index contributed by atoms with van der Waals surface area (Å²) in [4.78, 5) is 3.97. The van der Waals surface area contributed by atoms with Gasteiger partial charge < -0.3 is 9.80 Å². The first-order chi connectivity index (χ1) is 24.1. The maximum atomic E-state index is 13.5. The third-order valence-electron chi connectivity index (χ3n) is 9.37. The largest absolute Gasteiger partial charge is 0.416 e. The zero-order chi connectivity index (χ0) is 34.6. The molecule has 1 aliphatic rings. The fourth-order valence-electron chi connectivity index (χ4n) is 7.11. The second kappa shape index (κ2) is 12.0. The molecule has 8 heteroatoms. The Morgan fingerprint density at radius 2 is 0.860 bits per heavy atom. The van der Waals surface area contributed by atoms with Gasteiger partial charge in [0.1, 0.15) is 0 Å². The highest BCUT2D eigenvalue weighted by Crippen LogP contribution is 2.48. The van der Waals surface area contributed by atoms with Crippen LogP contribution in [0, 0.1) is 0 Å². The molecule has 2 nitrogen and oxygen atoms in total. The minimum absolute atomic E-state index is 0.585. The molecule has 50 heavy (non-hydrogen) atoms. The standard InChI is InChI=1S/C42H28F6N2/c43-41(44,45)29-15-19-33(20-16-29)49(31-7-3-1-4-8-31)37-25-13-27-12-24-36-38(26-14-28-11-23-35(37)39(27)40(28)36)50(32-9-5-2-6-10-32)34-21-17-30(18-22-34)42(46,47)48/h1-11,13-23,25-26H,12,24H2. The first-order valence-electron chi connectivity index (χ1n) is 16.1. The average molecular weight is 675 g/mol. The maximum Gasteiger partial charge on any atom is 0.416 e. The van der Waals surface area contributed by atoms with E-state index in [9.17, 15) is 26.3 Å². The van der Waals surface area contributed by atoms with Gasteiger partial charge in [0.2, 0.25) is 0 Å². The maximum absolute atomic E-state index is 13.5. The SMILES string of the molecule is FC(F)(F)c1ccc(N(c2ccccc2)c2ccc3ccc4c(N(c5ccccc5)c5ccc(C(F)(F)F)cc5)ccc5c4c3c2CC5)cc1. The Kier molecular flexibility index (Phi) is 7.55. The molecule has 0 spiro atoms. The predicted octanol–water partition coefficient (Wildman–Crippen LogP) is 13.1. The van der Waals surface area contributed by atoms with E-state index < -0.39 is 23.5 Å². The fraction of sp³-hybridized carbons (Fsp3) is 0.0952. The summed E-state index contributed by atoms with van der Waals surface area (Å²) >= 11 is 0. The van der Waals surface area contributed by atoms with Crippen LogP contribution in [0.25, 0.3) is 21.5 Å². The van der Waals surface area contributed by atoms with Crippen LogP contribution in [0.3, 0.4) is 0 Å². The number of alkyl halides is 6. The van der Waals surface area contributed by atoms with Gasteiger partial charge in [-0.2, -0.15) is 26.3 Å². The molecule has 8 rings (SSSR count). The number of hydrogen-bond donors (Lipinski definition) is 0. The summed E-state index contributed by atoms with van der Waals surface area (Å²) in [5.74, 6) is 0. The number of hydrogen-bond acceptors (Lipinski definition) is 2. The molecule has 7 aromatic carbocycles. The molecule has 248 valence electrons. The van der Waals surface area contributed by atoms with Crippen molar-refractivity contribution in [3.8, 4) is 0 Å². The average Bonchev–Trinajstić information content (AvgIpc) is 3.12. The van der Waals surface area contributed by atoms with Gasteiger partial charge >= 0.3 is 12.4 Å². The highest BCUT2D eigenvalue weighted by Gasteiger charge is 2.32. The number of benzene rings is 7. The van der Waals surface area contributed by atoms with E-state index >= 15 is 0 Å². The molecular weight excluding hydrogens is 646 g/mol. The minimum Gasteiger partial charge on any atom is -0.310 e. The monoisotopic (exact) mass is 674 g/mol. The summed E-state index contributed by atoms with van der Waals surface area (Å²) in [6.45, 7) is 0. The summed E-state index contributed by atoms with van der Waals surface area (Å²) in [6.07, 6.45) is -7.46. The van der Waals surface area contributed by atoms with Gasteiger partial charge in [0.05, 0.1) is 16.8 Å². The molecule has 0 amide bonds. The third-order valence-corrected chi connectivity index (χ3v) is 9.37. The molecule has 0 aromatic heterocycles. The number of anilines is 6. The van der Waals surface area contributed by atoms with Crippen LogP contribution < -0.4 is 9.80 Å². The first-order valence-corrected chi connectivity index (χ1v) is 16.1. The van der Waals surface area contributed by atoms with Crippen LogP contribution in [0.5, 0.6) is 0 Å². The zero-order valence-electron chi connectivity index (χ0n) is 26.4. The highest BCUT2D eigenvalue weighted by atomic mass is 19.4. The van der Waals surface area contributed by atoms with Gasteiger partial charge in [0, 0.05) is 33.8 Å². The van der Waals surface area contributed by atoms with Gasteiger partial charge in [-0.25, -0.2) is 0 Å². The lowest BCUT2D eigenvalue weighted by atomic mass is 9.84. The highest BCUT2D eigenvalue weighted by molar-refractivity contribution is 6.17. The van der Waals surface area contributed by atoms with Crippen molar-refractivity contribution in [2.75, 3.05) is 9.80 Å². The van der Waals surface area contributed by atoms with Gasteiger partial charge in [-0.3, -0.25) is 0 Å². The molecule has 0 aliphatic heterocycles. The van der Waals surface area contributed by atoms with Gasteiger partial charge in [0.25, 0.3) is 0 Å². The van der Waals surface area contributed by atoms with Crippen molar-refractivity contribution >= 4 is 55.7 Å². The minimum atomic E-state index is -4.46. The van der Waals surface area contributed by atoms with Crippen molar-refractivity contribution in [1.82, 2.24) is 0 Å². The summed E-state index contributed by atoms with van der Waals surface area (Å²) < 4.78 is 81.1. The quantitative estimate of drug-likeness (QED) is 0.128. The number of halogens is 6. The summed E-state index contributed by atoms with van der Waals surface area (Å²) in [7, 11) is 0. The number of aryl methyl sites for hydroxylation is 2. The molecule has 0 saturated carbocycles. The molecule has 0 radical (unpaired) electrons. The van der Waals surface area contributed by atoms with E-state index in [-0.39, 0.29) is 0 Å². The third kappa shape index (κ3) is 5.50. The van der Waals surface area contributed by atoms with Crippen LogP contribution in [0.2, 0.25) is 0 Å². The van der Waals surface area contributed by atoms with Crippen molar-refractivity contribution < 1.29 is 26.3 Å². The zero-order valence-corrected chi connectivity index (χ0v) is 26.4. The molecule has 0 unspecified atom stereocenters. The van der Waals surface area contributed by atoms with Gasteiger partial charge in [-0.05, 0) is 125 Å². The van der Waals surface area contributed by atoms with E-state index in [1.165, 1.54) is 24.3 Å². The topological polar surface area (TPSA) is 6.48 Å². The predicted molar refractivity (Wildman–Crippen MR) is 188 cm³/mol. The van der Waals surface area contributed by atoms with Crippen molar-refractivity contribution in [3.05, 3.63) is 168 Å². The van der Waals surface area contributed by atoms with Crippen LogP contribution in [-0.2, 0) is 25.2 Å². The molecule has 0 atom stereocenters. The molecule has 0 heterocycles. The summed E-state index contributed by atoms with van der Waals surface area (Å²) in [5.41, 5.74) is 5.27. The molecule has 7 aromatic rings. The van der Waals surface area contributed by atoms with Crippen LogP contribution in [0.4, 0.5) is 60.5 Å². The van der Waals surface area contributed by atoms with E-state index in [0.29, 0.717) is 17.8 Å². The Balaban J connectivity index is 1.35. The Morgan fingerprint density at radius 1 is 0.400 bits per heavy atom. The van der Waals surface area contributed by atoms with E-state index in [1.807, 2.05) is 88.7 Å². The van der Waals surface area contributed by atoms with E-state index in [4.69, 9.17) is 0 Å². The van der Waals surface area contributed by atoms with Crippen molar-refractivity contribution in [3.63, 3.8) is 0 Å². The first kappa shape index (κ1) is 31.5. The lowest BCUT2D eigenvalue weighted by Crippen LogP contribution is -2.15. The van der Waals surface area contributed by atoms with Gasteiger partial charge in [-0.15, -0.1) is 0 Å². The van der Waals surface area contributed by atoms with Crippen molar-refractivity contribution in [1.29, 1.82) is 0 Å². The Hall–Kier alpha value is -5.76. The number of rotatable bonds is 6. The molecule has 0 fully saturated rings. The fourth-order valence-corrected chi connectivity index (χ4v) is 7.11. The normalized spacial score (nSPS) is 12.8. The molecule has 0 saturated heterocycles. The Morgan fingerprint density at radius 3 is 1.38 bits per heavy atom. The molecule has 0 bridgehead atoms. The van der Waals surface area contributed by atoms with Crippen molar-refractivity contribution in [2.45, 2.75) is 25.2 Å². The van der Waals surface area contributed by atoms with Gasteiger partial charge in [-0.1, -0.05) is 60.7 Å². The molecular formula is C42H28F6N2.